The highest BCUT2D eigenvalue weighted by Crippen LogP contribution is 2.24. The van der Waals surface area contributed by atoms with Crippen LogP contribution in [0.5, 0.6) is 5.75 Å². The average Bonchev–Trinajstić information content (AvgIpc) is 2.87. The lowest BCUT2D eigenvalue weighted by molar-refractivity contribution is -0.122. The van der Waals surface area contributed by atoms with Crippen molar-refractivity contribution in [1.29, 1.82) is 0 Å². The van der Waals surface area contributed by atoms with Gasteiger partial charge in [0.1, 0.15) is 18.2 Å². The Morgan fingerprint density at radius 1 is 1.00 bits per heavy atom. The van der Waals surface area contributed by atoms with Crippen molar-refractivity contribution in [2.45, 2.75) is 26.0 Å². The summed E-state index contributed by atoms with van der Waals surface area (Å²) in [6.07, 6.45) is 3.19. The number of nitrogens with zero attached hydrogens (tertiary/aromatic N) is 2. The topological polar surface area (TPSA) is 97.5 Å². The van der Waals surface area contributed by atoms with E-state index in [0.29, 0.717) is 18.7 Å². The van der Waals surface area contributed by atoms with E-state index < -0.39 is 0 Å². The van der Waals surface area contributed by atoms with E-state index in [2.05, 4.69) is 15.2 Å². The van der Waals surface area contributed by atoms with E-state index >= 15 is 0 Å². The van der Waals surface area contributed by atoms with Crippen LogP contribution in [0, 0.1) is 5.92 Å². The number of piperidine rings is 1. The minimum absolute atomic E-state index is 0.0748. The van der Waals surface area contributed by atoms with E-state index in [0.717, 1.165) is 48.6 Å². The Balaban J connectivity index is 1.32. The van der Waals surface area contributed by atoms with Crippen molar-refractivity contribution in [1.82, 2.24) is 10.3 Å². The number of anilines is 1. The molecule has 7 nitrogen and oxygen atoms in total. The van der Waals surface area contributed by atoms with Gasteiger partial charge in [-0.1, -0.05) is 36.4 Å². The van der Waals surface area contributed by atoms with E-state index in [1.165, 1.54) is 0 Å². The molecule has 0 saturated carbocycles. The van der Waals surface area contributed by atoms with Crippen molar-refractivity contribution in [2.75, 3.05) is 18.0 Å². The second kappa shape index (κ2) is 10.6. The van der Waals surface area contributed by atoms with Crippen LogP contribution in [0.15, 0.2) is 72.9 Å². The van der Waals surface area contributed by atoms with Crippen LogP contribution in [0.25, 0.3) is 0 Å². The molecule has 3 aromatic rings. The van der Waals surface area contributed by atoms with Crippen molar-refractivity contribution >= 4 is 17.6 Å². The molecule has 4 rings (SSSR count). The van der Waals surface area contributed by atoms with Gasteiger partial charge in [0.25, 0.3) is 5.91 Å². The average molecular weight is 445 g/mol. The quantitative estimate of drug-likeness (QED) is 0.556. The van der Waals surface area contributed by atoms with Gasteiger partial charge in [-0.15, -0.1) is 0 Å². The van der Waals surface area contributed by atoms with Gasteiger partial charge in [0.15, 0.2) is 0 Å². The summed E-state index contributed by atoms with van der Waals surface area (Å²) in [4.78, 5) is 30.8. The van der Waals surface area contributed by atoms with Crippen LogP contribution in [-0.2, 0) is 17.9 Å². The number of nitrogens with two attached hydrogens (primary N) is 1. The third-order valence-electron chi connectivity index (χ3n) is 5.87. The molecule has 170 valence electrons. The Morgan fingerprint density at radius 2 is 1.73 bits per heavy atom. The van der Waals surface area contributed by atoms with Crippen LogP contribution < -0.4 is 20.7 Å². The zero-order chi connectivity index (χ0) is 23.0. The fourth-order valence-corrected chi connectivity index (χ4v) is 3.94. The summed E-state index contributed by atoms with van der Waals surface area (Å²) in [6, 6.07) is 20.9. The number of primary amides is 1. The molecule has 2 heterocycles. The molecular weight excluding hydrogens is 416 g/mol. The zero-order valence-electron chi connectivity index (χ0n) is 18.4. The molecule has 0 aliphatic carbocycles. The van der Waals surface area contributed by atoms with Crippen LogP contribution in [0.3, 0.4) is 0 Å². The lowest BCUT2D eigenvalue weighted by Gasteiger charge is -2.32. The van der Waals surface area contributed by atoms with E-state index in [9.17, 15) is 9.59 Å². The molecule has 33 heavy (non-hydrogen) atoms. The van der Waals surface area contributed by atoms with Gasteiger partial charge in [0.05, 0.1) is 0 Å². The number of benzene rings is 2. The minimum Gasteiger partial charge on any atom is -0.489 e. The van der Waals surface area contributed by atoms with Crippen molar-refractivity contribution in [3.05, 3.63) is 89.6 Å². The molecule has 1 saturated heterocycles. The molecule has 0 spiro atoms. The third kappa shape index (κ3) is 5.88. The summed E-state index contributed by atoms with van der Waals surface area (Å²) in [6.45, 7) is 2.25. The molecule has 0 radical (unpaired) electrons. The van der Waals surface area contributed by atoms with Crippen LogP contribution in [0.2, 0.25) is 0 Å². The molecule has 0 unspecified atom stereocenters. The van der Waals surface area contributed by atoms with Gasteiger partial charge in [0.2, 0.25) is 5.91 Å². The van der Waals surface area contributed by atoms with Gasteiger partial charge < -0.3 is 20.7 Å². The molecule has 3 N–H and O–H groups in total. The number of nitrogens with one attached hydrogen (secondary N) is 1. The largest absolute Gasteiger partial charge is 0.489 e. The van der Waals surface area contributed by atoms with Gasteiger partial charge >= 0.3 is 0 Å². The second-order valence-electron chi connectivity index (χ2n) is 8.13. The Hall–Kier alpha value is -3.87. The molecule has 1 fully saturated rings. The smallest absolute Gasteiger partial charge is 0.251 e. The van der Waals surface area contributed by atoms with Crippen molar-refractivity contribution < 1.29 is 14.3 Å². The lowest BCUT2D eigenvalue weighted by Crippen LogP contribution is -2.39. The maximum atomic E-state index is 12.7. The molecule has 2 aromatic carbocycles. The zero-order valence-corrected chi connectivity index (χ0v) is 18.4. The van der Waals surface area contributed by atoms with E-state index in [4.69, 9.17) is 10.5 Å². The molecule has 1 aliphatic rings. The van der Waals surface area contributed by atoms with Crippen LogP contribution >= 0.6 is 0 Å². The Morgan fingerprint density at radius 3 is 2.42 bits per heavy atom. The summed E-state index contributed by atoms with van der Waals surface area (Å²) in [5.74, 6) is 1.20. The van der Waals surface area contributed by atoms with Crippen molar-refractivity contribution in [3.8, 4) is 5.75 Å². The second-order valence-corrected chi connectivity index (χ2v) is 8.13. The molecular formula is C26H28N4O3. The van der Waals surface area contributed by atoms with Crippen molar-refractivity contribution in [2.24, 2.45) is 11.7 Å². The SMILES string of the molecule is NC(=O)C1CCN(c2ncccc2CNC(=O)c2ccc(COc3ccccc3)cc2)CC1. The normalized spacial score (nSPS) is 14.0. The standard InChI is InChI=1S/C26H28N4O3/c27-24(31)20-12-15-30(16-13-20)25-22(5-4-14-28-25)17-29-26(32)21-10-8-19(9-11-21)18-33-23-6-2-1-3-7-23/h1-11,14,20H,12-13,15-18H2,(H2,27,31)(H,29,32). The Kier molecular flexibility index (Phi) is 7.19. The first-order valence-electron chi connectivity index (χ1n) is 11.1. The summed E-state index contributed by atoms with van der Waals surface area (Å²) in [5, 5.41) is 2.99. The van der Waals surface area contributed by atoms with Gasteiger partial charge in [-0.25, -0.2) is 4.98 Å². The molecule has 0 atom stereocenters. The monoisotopic (exact) mass is 444 g/mol. The molecule has 1 aliphatic heterocycles. The van der Waals surface area contributed by atoms with Gasteiger partial charge in [-0.2, -0.15) is 0 Å². The molecule has 7 heteroatoms. The summed E-state index contributed by atoms with van der Waals surface area (Å²) in [7, 11) is 0. The van der Waals surface area contributed by atoms with E-state index in [-0.39, 0.29) is 17.7 Å². The Bertz CT molecular complexity index is 1080. The summed E-state index contributed by atoms with van der Waals surface area (Å²) in [5.41, 5.74) is 7.96. The van der Waals surface area contributed by atoms with Gasteiger partial charge in [-0.3, -0.25) is 9.59 Å². The molecule has 0 bridgehead atoms. The highest BCUT2D eigenvalue weighted by Gasteiger charge is 2.25. The first-order valence-corrected chi connectivity index (χ1v) is 11.1. The lowest BCUT2D eigenvalue weighted by atomic mass is 9.96. The van der Waals surface area contributed by atoms with Crippen LogP contribution in [0.1, 0.15) is 34.3 Å². The maximum Gasteiger partial charge on any atom is 0.251 e. The number of carbonyl (C=O) groups excluding carboxylic acids is 2. The Labute approximate surface area is 193 Å². The number of hydrogen-bond acceptors (Lipinski definition) is 5. The van der Waals surface area contributed by atoms with Crippen LogP contribution in [-0.4, -0.2) is 29.9 Å². The number of ether oxygens (including phenoxy) is 1. The predicted octanol–water partition coefficient (Wildman–Crippen LogP) is 3.29. The summed E-state index contributed by atoms with van der Waals surface area (Å²) < 4.78 is 5.75. The number of rotatable bonds is 8. The molecule has 1 aromatic heterocycles. The summed E-state index contributed by atoms with van der Waals surface area (Å²) >= 11 is 0. The fourth-order valence-electron chi connectivity index (χ4n) is 3.94. The van der Waals surface area contributed by atoms with Crippen LogP contribution in [0.4, 0.5) is 5.82 Å². The number of aromatic nitrogens is 1. The molecule has 2 amide bonds. The number of amides is 2. The number of para-hydroxylation sites is 1. The fraction of sp³-hybridized carbons (Fsp3) is 0.269. The predicted molar refractivity (Wildman–Crippen MR) is 127 cm³/mol. The maximum absolute atomic E-state index is 12.7. The minimum atomic E-state index is -0.235. The van der Waals surface area contributed by atoms with Gasteiger partial charge in [0, 0.05) is 42.9 Å². The first kappa shape index (κ1) is 22.3. The number of hydrogen-bond donors (Lipinski definition) is 2. The third-order valence-corrected chi connectivity index (χ3v) is 5.87. The highest BCUT2D eigenvalue weighted by atomic mass is 16.5. The number of carbonyl (C=O) groups is 2. The van der Waals surface area contributed by atoms with E-state index in [1.54, 1.807) is 18.3 Å². The number of pyridine rings is 1. The highest BCUT2D eigenvalue weighted by molar-refractivity contribution is 5.94. The van der Waals surface area contributed by atoms with Gasteiger partial charge in [-0.05, 0) is 48.7 Å². The van der Waals surface area contributed by atoms with E-state index in [1.807, 2.05) is 54.6 Å². The van der Waals surface area contributed by atoms with Crippen molar-refractivity contribution in [3.63, 3.8) is 0 Å². The first-order chi connectivity index (χ1) is 16.1.